The Morgan fingerprint density at radius 3 is 2.75 bits per heavy atom. The van der Waals surface area contributed by atoms with Gasteiger partial charge >= 0.3 is 0 Å². The van der Waals surface area contributed by atoms with E-state index in [1.807, 2.05) is 18.3 Å². The number of hydrogen-bond acceptors (Lipinski definition) is 3. The van der Waals surface area contributed by atoms with Crippen LogP contribution in [0.1, 0.15) is 25.5 Å². The van der Waals surface area contributed by atoms with E-state index in [1.54, 1.807) is 7.11 Å². The number of ether oxygens (including phenoxy) is 1. The van der Waals surface area contributed by atoms with Gasteiger partial charge < -0.3 is 14.0 Å². The van der Waals surface area contributed by atoms with Gasteiger partial charge in [0.05, 0.1) is 19.0 Å². The van der Waals surface area contributed by atoms with Crippen molar-refractivity contribution in [3.8, 4) is 5.75 Å². The van der Waals surface area contributed by atoms with Crippen LogP contribution in [-0.2, 0) is 6.42 Å². The summed E-state index contributed by atoms with van der Waals surface area (Å²) < 4.78 is 7.32. The molecule has 0 spiro atoms. The first-order valence-corrected chi connectivity index (χ1v) is 7.52. The van der Waals surface area contributed by atoms with Crippen molar-refractivity contribution in [2.75, 3.05) is 26.7 Å². The van der Waals surface area contributed by atoms with Crippen molar-refractivity contribution in [3.05, 3.63) is 30.2 Å². The summed E-state index contributed by atoms with van der Waals surface area (Å²) in [6.45, 7) is 5.90. The van der Waals surface area contributed by atoms with Crippen LogP contribution in [0.4, 0.5) is 0 Å². The number of pyridine rings is 1. The van der Waals surface area contributed by atoms with Gasteiger partial charge in [-0.25, -0.2) is 4.98 Å². The number of nitrogens with zero attached hydrogens (tertiary/aromatic N) is 3. The monoisotopic (exact) mass is 273 g/mol. The molecule has 20 heavy (non-hydrogen) atoms. The summed E-state index contributed by atoms with van der Waals surface area (Å²) >= 11 is 0. The molecule has 108 valence electrons. The molecule has 1 aliphatic rings. The summed E-state index contributed by atoms with van der Waals surface area (Å²) in [4.78, 5) is 7.25. The summed E-state index contributed by atoms with van der Waals surface area (Å²) in [5.41, 5.74) is 2.21. The van der Waals surface area contributed by atoms with Gasteiger partial charge in [-0.1, -0.05) is 6.92 Å². The molecule has 1 fully saturated rings. The lowest BCUT2D eigenvalue weighted by Crippen LogP contribution is -2.34. The molecule has 0 unspecified atom stereocenters. The molecule has 0 saturated carbocycles. The standard InChI is InChI=1S/C16H23N3O/c1-3-18-8-6-13(7-9-18)10-14-11-19-12-15(20-2)4-5-16(19)17-14/h4-5,11-13H,3,6-10H2,1-2H3. The van der Waals surface area contributed by atoms with Gasteiger partial charge in [0.25, 0.3) is 0 Å². The minimum atomic E-state index is 0.782. The average Bonchev–Trinajstić information content (AvgIpc) is 2.89. The number of hydrogen-bond donors (Lipinski definition) is 0. The first-order chi connectivity index (χ1) is 9.78. The molecule has 2 aromatic heterocycles. The fourth-order valence-corrected chi connectivity index (χ4v) is 3.05. The lowest BCUT2D eigenvalue weighted by atomic mass is 9.92. The number of methoxy groups -OCH3 is 1. The second kappa shape index (κ2) is 5.83. The van der Waals surface area contributed by atoms with Crippen molar-refractivity contribution in [1.82, 2.24) is 14.3 Å². The second-order valence-corrected chi connectivity index (χ2v) is 5.65. The third-order valence-corrected chi connectivity index (χ3v) is 4.36. The minimum Gasteiger partial charge on any atom is -0.495 e. The maximum absolute atomic E-state index is 5.25. The molecule has 3 rings (SSSR count). The molecule has 3 heterocycles. The van der Waals surface area contributed by atoms with E-state index in [4.69, 9.17) is 9.72 Å². The van der Waals surface area contributed by atoms with E-state index in [9.17, 15) is 0 Å². The van der Waals surface area contributed by atoms with Crippen LogP contribution in [0.5, 0.6) is 5.75 Å². The highest BCUT2D eigenvalue weighted by atomic mass is 16.5. The minimum absolute atomic E-state index is 0.782. The third kappa shape index (κ3) is 2.80. The molecular formula is C16H23N3O. The number of piperidine rings is 1. The normalized spacial score (nSPS) is 17.7. The van der Waals surface area contributed by atoms with Gasteiger partial charge in [-0.3, -0.25) is 0 Å². The van der Waals surface area contributed by atoms with Gasteiger partial charge in [0, 0.05) is 6.20 Å². The summed E-state index contributed by atoms with van der Waals surface area (Å²) in [6.07, 6.45) is 7.83. The molecule has 0 amide bonds. The molecule has 0 bridgehead atoms. The van der Waals surface area contributed by atoms with Gasteiger partial charge in [-0.05, 0) is 56.9 Å². The van der Waals surface area contributed by atoms with Crippen LogP contribution in [0.2, 0.25) is 0 Å². The zero-order valence-corrected chi connectivity index (χ0v) is 12.4. The third-order valence-electron chi connectivity index (χ3n) is 4.36. The lowest BCUT2D eigenvalue weighted by Gasteiger charge is -2.30. The molecule has 0 atom stereocenters. The summed E-state index contributed by atoms with van der Waals surface area (Å²) in [6, 6.07) is 3.98. The van der Waals surface area contributed by atoms with Gasteiger partial charge in [-0.15, -0.1) is 0 Å². The fraction of sp³-hybridized carbons (Fsp3) is 0.562. The van der Waals surface area contributed by atoms with Gasteiger partial charge in [0.2, 0.25) is 0 Å². The van der Waals surface area contributed by atoms with Crippen molar-refractivity contribution in [2.45, 2.75) is 26.2 Å². The highest BCUT2D eigenvalue weighted by Gasteiger charge is 2.19. The first kappa shape index (κ1) is 13.4. The molecule has 0 radical (unpaired) electrons. The van der Waals surface area contributed by atoms with Crippen LogP contribution < -0.4 is 4.74 Å². The van der Waals surface area contributed by atoms with Crippen LogP contribution in [0.15, 0.2) is 24.5 Å². The molecular weight excluding hydrogens is 250 g/mol. The molecule has 2 aromatic rings. The predicted molar refractivity (Wildman–Crippen MR) is 80.3 cm³/mol. The van der Waals surface area contributed by atoms with E-state index in [0.717, 1.165) is 23.7 Å². The summed E-state index contributed by atoms with van der Waals surface area (Å²) in [5.74, 6) is 1.65. The number of fused-ring (bicyclic) bond motifs is 1. The molecule has 0 aromatic carbocycles. The van der Waals surface area contributed by atoms with E-state index in [1.165, 1.54) is 38.2 Å². The Kier molecular flexibility index (Phi) is 3.92. The number of rotatable bonds is 4. The first-order valence-electron chi connectivity index (χ1n) is 7.52. The van der Waals surface area contributed by atoms with Crippen LogP contribution in [0.25, 0.3) is 5.65 Å². The quantitative estimate of drug-likeness (QED) is 0.857. The Morgan fingerprint density at radius 2 is 2.05 bits per heavy atom. The maximum Gasteiger partial charge on any atom is 0.137 e. The number of imidazole rings is 1. The van der Waals surface area contributed by atoms with Crippen LogP contribution >= 0.6 is 0 Å². The maximum atomic E-state index is 5.25. The van der Waals surface area contributed by atoms with E-state index < -0.39 is 0 Å². The van der Waals surface area contributed by atoms with Crippen LogP contribution in [-0.4, -0.2) is 41.0 Å². The lowest BCUT2D eigenvalue weighted by molar-refractivity contribution is 0.191. The van der Waals surface area contributed by atoms with Crippen molar-refractivity contribution >= 4 is 5.65 Å². The second-order valence-electron chi connectivity index (χ2n) is 5.65. The van der Waals surface area contributed by atoms with Crippen molar-refractivity contribution in [3.63, 3.8) is 0 Å². The number of aromatic nitrogens is 2. The van der Waals surface area contributed by atoms with E-state index in [-0.39, 0.29) is 0 Å². The Morgan fingerprint density at radius 1 is 1.25 bits per heavy atom. The summed E-state index contributed by atoms with van der Waals surface area (Å²) in [7, 11) is 1.69. The van der Waals surface area contributed by atoms with E-state index in [0.29, 0.717) is 0 Å². The Bertz CT molecular complexity index is 570. The fourth-order valence-electron chi connectivity index (χ4n) is 3.05. The van der Waals surface area contributed by atoms with E-state index in [2.05, 4.69) is 22.4 Å². The van der Waals surface area contributed by atoms with Crippen molar-refractivity contribution < 1.29 is 4.74 Å². The van der Waals surface area contributed by atoms with Gasteiger partial charge in [0.1, 0.15) is 11.4 Å². The van der Waals surface area contributed by atoms with Crippen molar-refractivity contribution in [1.29, 1.82) is 0 Å². The smallest absolute Gasteiger partial charge is 0.137 e. The van der Waals surface area contributed by atoms with Gasteiger partial charge in [-0.2, -0.15) is 0 Å². The average molecular weight is 273 g/mol. The van der Waals surface area contributed by atoms with E-state index >= 15 is 0 Å². The molecule has 4 heteroatoms. The molecule has 0 aliphatic carbocycles. The van der Waals surface area contributed by atoms with Crippen LogP contribution in [0.3, 0.4) is 0 Å². The largest absolute Gasteiger partial charge is 0.495 e. The molecule has 1 saturated heterocycles. The SMILES string of the molecule is CCN1CCC(Cc2cn3cc(OC)ccc3n2)CC1. The highest BCUT2D eigenvalue weighted by molar-refractivity contribution is 5.43. The zero-order valence-electron chi connectivity index (χ0n) is 12.4. The summed E-state index contributed by atoms with van der Waals surface area (Å²) in [5, 5.41) is 0. The number of likely N-dealkylation sites (tertiary alicyclic amines) is 1. The Hall–Kier alpha value is -1.55. The Labute approximate surface area is 120 Å². The van der Waals surface area contributed by atoms with Crippen LogP contribution in [0, 0.1) is 5.92 Å². The molecule has 1 aliphatic heterocycles. The molecule has 0 N–H and O–H groups in total. The van der Waals surface area contributed by atoms with Crippen molar-refractivity contribution in [2.24, 2.45) is 5.92 Å². The topological polar surface area (TPSA) is 29.8 Å². The zero-order chi connectivity index (χ0) is 13.9. The predicted octanol–water partition coefficient (Wildman–Crippen LogP) is 2.62. The molecule has 4 nitrogen and oxygen atoms in total. The highest BCUT2D eigenvalue weighted by Crippen LogP contribution is 2.22. The van der Waals surface area contributed by atoms with Gasteiger partial charge in [0.15, 0.2) is 0 Å². The Balaban J connectivity index is 1.68.